The van der Waals surface area contributed by atoms with Crippen LogP contribution in [0.5, 0.6) is 0 Å². The van der Waals surface area contributed by atoms with Gasteiger partial charge in [-0.1, -0.05) is 27.7 Å². The van der Waals surface area contributed by atoms with Crippen LogP contribution in [0.2, 0.25) is 0 Å². The Morgan fingerprint density at radius 1 is 1.25 bits per heavy atom. The summed E-state index contributed by atoms with van der Waals surface area (Å²) in [6.45, 7) is 14.2. The molecule has 0 unspecified atom stereocenters. The summed E-state index contributed by atoms with van der Waals surface area (Å²) in [5.74, 6) is 1.99. The van der Waals surface area contributed by atoms with Crippen LogP contribution in [0.4, 0.5) is 0 Å². The number of rotatable bonds is 3. The topological polar surface area (TPSA) is 20.3 Å². The van der Waals surface area contributed by atoms with E-state index in [1.54, 1.807) is 0 Å². The number of ketones is 1. The quantitative estimate of drug-likeness (QED) is 0.733. The Balaban J connectivity index is 2.20. The van der Waals surface area contributed by atoms with E-state index in [1.165, 1.54) is 0 Å². The lowest BCUT2D eigenvalue weighted by atomic mass is 9.92. The average molecular weight is 223 g/mol. The molecule has 1 saturated carbocycles. The molecule has 0 N–H and O–H groups in total. The molecule has 0 aromatic heterocycles. The molecule has 1 saturated heterocycles. The third-order valence-electron chi connectivity index (χ3n) is 4.77. The van der Waals surface area contributed by atoms with Crippen LogP contribution in [0.3, 0.4) is 0 Å². The van der Waals surface area contributed by atoms with Gasteiger partial charge >= 0.3 is 0 Å². The van der Waals surface area contributed by atoms with E-state index in [1.807, 2.05) is 13.8 Å². The molecule has 0 aromatic carbocycles. The largest absolute Gasteiger partial charge is 0.298 e. The summed E-state index contributed by atoms with van der Waals surface area (Å²) >= 11 is 0. The second-order valence-corrected chi connectivity index (χ2v) is 6.75. The van der Waals surface area contributed by atoms with E-state index in [0.717, 1.165) is 12.5 Å². The van der Waals surface area contributed by atoms with Crippen LogP contribution in [0.25, 0.3) is 0 Å². The Labute approximate surface area is 99.4 Å². The molecule has 1 aliphatic carbocycles. The number of carbonyl (C=O) groups is 1. The van der Waals surface area contributed by atoms with E-state index >= 15 is 0 Å². The van der Waals surface area contributed by atoms with E-state index in [0.29, 0.717) is 23.2 Å². The average Bonchev–Trinajstić information content (AvgIpc) is 2.60. The molecular weight excluding hydrogens is 198 g/mol. The third kappa shape index (κ3) is 1.54. The zero-order valence-electron chi connectivity index (χ0n) is 11.4. The molecule has 16 heavy (non-hydrogen) atoms. The first-order chi connectivity index (χ1) is 7.28. The van der Waals surface area contributed by atoms with Crippen LogP contribution in [-0.2, 0) is 4.79 Å². The Kier molecular flexibility index (Phi) is 2.69. The van der Waals surface area contributed by atoms with Crippen molar-refractivity contribution in [2.24, 2.45) is 23.2 Å². The highest BCUT2D eigenvalue weighted by molar-refractivity contribution is 5.87. The molecule has 3 atom stereocenters. The number of likely N-dealkylation sites (tertiary alicyclic amines) is 1. The van der Waals surface area contributed by atoms with Crippen molar-refractivity contribution >= 4 is 5.78 Å². The van der Waals surface area contributed by atoms with Crippen LogP contribution >= 0.6 is 0 Å². The molecule has 2 aliphatic rings. The van der Waals surface area contributed by atoms with Gasteiger partial charge in [-0.15, -0.1) is 0 Å². The van der Waals surface area contributed by atoms with Crippen molar-refractivity contribution in [3.63, 3.8) is 0 Å². The third-order valence-corrected chi connectivity index (χ3v) is 4.77. The van der Waals surface area contributed by atoms with E-state index < -0.39 is 0 Å². The molecule has 0 amide bonds. The van der Waals surface area contributed by atoms with Crippen molar-refractivity contribution in [3.8, 4) is 0 Å². The standard InChI is InChI=1S/C14H25NO/c1-8(2)13(16)12-11-10(14(11,5)6)7-15(12)9(3)4/h8-12H,7H2,1-6H3/t10-,11-,12-/m0/s1. The van der Waals surface area contributed by atoms with E-state index in [-0.39, 0.29) is 12.0 Å². The van der Waals surface area contributed by atoms with Gasteiger partial charge in [-0.2, -0.15) is 0 Å². The number of hydrogen-bond donors (Lipinski definition) is 0. The van der Waals surface area contributed by atoms with Crippen molar-refractivity contribution in [3.05, 3.63) is 0 Å². The maximum Gasteiger partial charge on any atom is 0.152 e. The van der Waals surface area contributed by atoms with Gasteiger partial charge < -0.3 is 0 Å². The molecule has 1 aliphatic heterocycles. The summed E-state index contributed by atoms with van der Waals surface area (Å²) in [5.41, 5.74) is 0.403. The summed E-state index contributed by atoms with van der Waals surface area (Å²) in [7, 11) is 0. The molecular formula is C14H25NO. The Hall–Kier alpha value is -0.370. The first-order valence-corrected chi connectivity index (χ1v) is 6.58. The van der Waals surface area contributed by atoms with Gasteiger partial charge in [-0.25, -0.2) is 0 Å². The lowest BCUT2D eigenvalue weighted by Gasteiger charge is -2.33. The van der Waals surface area contributed by atoms with Gasteiger partial charge in [0.1, 0.15) is 0 Å². The Morgan fingerprint density at radius 2 is 1.81 bits per heavy atom. The predicted molar refractivity (Wildman–Crippen MR) is 66.2 cm³/mol. The first kappa shape index (κ1) is 12.1. The lowest BCUT2D eigenvalue weighted by Crippen LogP contribution is -2.46. The van der Waals surface area contributed by atoms with Crippen LogP contribution in [0, 0.1) is 23.2 Å². The molecule has 92 valence electrons. The van der Waals surface area contributed by atoms with Gasteiger partial charge in [0.15, 0.2) is 5.78 Å². The fraction of sp³-hybridized carbons (Fsp3) is 0.929. The summed E-state index contributed by atoms with van der Waals surface area (Å²) in [6, 6.07) is 0.691. The summed E-state index contributed by atoms with van der Waals surface area (Å²) < 4.78 is 0. The minimum Gasteiger partial charge on any atom is -0.298 e. The van der Waals surface area contributed by atoms with E-state index in [2.05, 4.69) is 32.6 Å². The second kappa shape index (κ2) is 3.56. The molecule has 2 heteroatoms. The fourth-order valence-electron chi connectivity index (χ4n) is 3.52. The maximum absolute atomic E-state index is 12.3. The molecule has 2 nitrogen and oxygen atoms in total. The number of fused-ring (bicyclic) bond motifs is 1. The van der Waals surface area contributed by atoms with Crippen LogP contribution in [-0.4, -0.2) is 29.3 Å². The minimum absolute atomic E-state index is 0.168. The van der Waals surface area contributed by atoms with Crippen molar-refractivity contribution < 1.29 is 4.79 Å². The lowest BCUT2D eigenvalue weighted by molar-refractivity contribution is -0.128. The number of piperidine rings is 1. The van der Waals surface area contributed by atoms with Crippen molar-refractivity contribution in [1.82, 2.24) is 4.90 Å². The zero-order valence-corrected chi connectivity index (χ0v) is 11.4. The van der Waals surface area contributed by atoms with Gasteiger partial charge in [-0.3, -0.25) is 9.69 Å². The Bertz CT molecular complexity index is 304. The fourth-order valence-corrected chi connectivity index (χ4v) is 3.52. The van der Waals surface area contributed by atoms with Gasteiger partial charge in [0.2, 0.25) is 0 Å². The number of hydrogen-bond acceptors (Lipinski definition) is 2. The van der Waals surface area contributed by atoms with Crippen molar-refractivity contribution in [2.45, 2.75) is 53.6 Å². The van der Waals surface area contributed by atoms with Crippen molar-refractivity contribution in [2.75, 3.05) is 6.54 Å². The molecule has 0 aromatic rings. The van der Waals surface area contributed by atoms with Gasteiger partial charge in [0.05, 0.1) is 6.04 Å². The SMILES string of the molecule is CC(C)C(=O)[C@@H]1[C@@H]2[C@H](CN1C(C)C)C2(C)C. The van der Waals surface area contributed by atoms with Crippen LogP contribution in [0.15, 0.2) is 0 Å². The Morgan fingerprint density at radius 3 is 2.25 bits per heavy atom. The summed E-state index contributed by atoms with van der Waals surface area (Å²) in [6.07, 6.45) is 0. The molecule has 0 bridgehead atoms. The molecule has 0 radical (unpaired) electrons. The second-order valence-electron chi connectivity index (χ2n) is 6.75. The minimum atomic E-state index is 0.168. The molecule has 1 heterocycles. The van der Waals surface area contributed by atoms with Crippen LogP contribution < -0.4 is 0 Å². The zero-order chi connectivity index (χ0) is 12.2. The van der Waals surface area contributed by atoms with E-state index in [9.17, 15) is 4.79 Å². The smallest absolute Gasteiger partial charge is 0.152 e. The first-order valence-electron chi connectivity index (χ1n) is 6.58. The highest BCUT2D eigenvalue weighted by atomic mass is 16.1. The summed E-state index contributed by atoms with van der Waals surface area (Å²) in [4.78, 5) is 14.8. The predicted octanol–water partition coefficient (Wildman–Crippen LogP) is 2.58. The number of nitrogens with zero attached hydrogens (tertiary/aromatic N) is 1. The highest BCUT2D eigenvalue weighted by Crippen LogP contribution is 2.65. The van der Waals surface area contributed by atoms with E-state index in [4.69, 9.17) is 0 Å². The normalized spacial score (nSPS) is 36.9. The molecule has 2 rings (SSSR count). The monoisotopic (exact) mass is 223 g/mol. The van der Waals surface area contributed by atoms with Crippen LogP contribution in [0.1, 0.15) is 41.5 Å². The highest BCUT2D eigenvalue weighted by Gasteiger charge is 2.68. The van der Waals surface area contributed by atoms with Gasteiger partial charge in [0.25, 0.3) is 0 Å². The summed E-state index contributed by atoms with van der Waals surface area (Å²) in [5, 5.41) is 0. The van der Waals surface area contributed by atoms with Gasteiger partial charge in [0, 0.05) is 18.5 Å². The van der Waals surface area contributed by atoms with Crippen molar-refractivity contribution in [1.29, 1.82) is 0 Å². The number of carbonyl (C=O) groups excluding carboxylic acids is 1. The molecule has 2 fully saturated rings. The van der Waals surface area contributed by atoms with Gasteiger partial charge in [-0.05, 0) is 31.1 Å². The number of Topliss-reactive ketones (excluding diaryl/α,β-unsaturated/α-hetero) is 1. The molecule has 0 spiro atoms. The maximum atomic E-state index is 12.3.